The van der Waals surface area contributed by atoms with Crippen LogP contribution in [0.1, 0.15) is 0 Å². The van der Waals surface area contributed by atoms with Gasteiger partial charge in [-0.1, -0.05) is 5.11 Å². The lowest BCUT2D eigenvalue weighted by Gasteiger charge is -2.37. The molecule has 0 amide bonds. The minimum absolute atomic E-state index is 0.224. The number of aliphatic hydroxyl groups excluding tert-OH is 4. The lowest BCUT2D eigenvalue weighted by atomic mass is 9.99. The maximum absolute atomic E-state index is 9.32. The molecule has 5 atom stereocenters. The van der Waals surface area contributed by atoms with E-state index < -0.39 is 30.7 Å². The first-order valence-corrected chi connectivity index (χ1v) is 3.96. The average molecular weight is 205 g/mol. The van der Waals surface area contributed by atoms with Gasteiger partial charge in [0.05, 0.1) is 12.6 Å². The lowest BCUT2D eigenvalue weighted by molar-refractivity contribution is -0.279. The standard InChI is InChI=1S/C6H11N3O5/c7-9-8-1-2-3(10)4(11)5(12)6(13)14-2/h2-6,10-13H,1H2/t2-,3-,4-,5+,6+/m1/s1. The molecule has 1 aliphatic rings. The quantitative estimate of drug-likeness (QED) is 0.237. The zero-order valence-electron chi connectivity index (χ0n) is 7.13. The summed E-state index contributed by atoms with van der Waals surface area (Å²) >= 11 is 0. The molecule has 0 spiro atoms. The fraction of sp³-hybridized carbons (Fsp3) is 1.00. The number of hydrogen-bond donors (Lipinski definition) is 4. The van der Waals surface area contributed by atoms with Crippen LogP contribution in [0.2, 0.25) is 0 Å². The van der Waals surface area contributed by atoms with Gasteiger partial charge in [0.25, 0.3) is 0 Å². The van der Waals surface area contributed by atoms with E-state index in [0.29, 0.717) is 0 Å². The minimum atomic E-state index is -1.59. The molecular formula is C6H11N3O5. The Kier molecular flexibility index (Phi) is 3.64. The summed E-state index contributed by atoms with van der Waals surface area (Å²) in [6, 6.07) is 0. The second-order valence-corrected chi connectivity index (χ2v) is 2.95. The molecule has 0 bridgehead atoms. The zero-order chi connectivity index (χ0) is 10.7. The molecule has 1 rings (SSSR count). The van der Waals surface area contributed by atoms with Crippen molar-refractivity contribution in [3.05, 3.63) is 10.4 Å². The van der Waals surface area contributed by atoms with Gasteiger partial charge in [0, 0.05) is 4.91 Å². The summed E-state index contributed by atoms with van der Waals surface area (Å²) in [4.78, 5) is 2.44. The molecule has 0 aromatic heterocycles. The van der Waals surface area contributed by atoms with E-state index in [4.69, 9.17) is 20.5 Å². The maximum atomic E-state index is 9.32. The Labute approximate surface area is 79.0 Å². The van der Waals surface area contributed by atoms with Gasteiger partial charge >= 0.3 is 0 Å². The molecule has 0 unspecified atom stereocenters. The molecule has 8 nitrogen and oxygen atoms in total. The SMILES string of the molecule is [N-]=[N+]=NC[C@H]1O[C@H](O)[C@@H](O)[C@H](O)[C@@H]1O. The molecule has 0 aliphatic carbocycles. The van der Waals surface area contributed by atoms with Crippen molar-refractivity contribution in [2.45, 2.75) is 30.7 Å². The maximum Gasteiger partial charge on any atom is 0.183 e. The van der Waals surface area contributed by atoms with E-state index in [1.54, 1.807) is 0 Å². The normalized spacial score (nSPS) is 43.0. The fourth-order valence-electron chi connectivity index (χ4n) is 1.20. The van der Waals surface area contributed by atoms with Crippen molar-refractivity contribution in [1.29, 1.82) is 0 Å². The van der Waals surface area contributed by atoms with E-state index in [1.807, 2.05) is 0 Å². The van der Waals surface area contributed by atoms with E-state index in [0.717, 1.165) is 0 Å². The molecular weight excluding hydrogens is 194 g/mol. The van der Waals surface area contributed by atoms with E-state index >= 15 is 0 Å². The molecule has 80 valence electrons. The first-order valence-electron chi connectivity index (χ1n) is 3.96. The van der Waals surface area contributed by atoms with Crippen LogP contribution in [0.3, 0.4) is 0 Å². The van der Waals surface area contributed by atoms with Crippen LogP contribution < -0.4 is 0 Å². The van der Waals surface area contributed by atoms with E-state index in [1.165, 1.54) is 0 Å². The van der Waals surface area contributed by atoms with Crippen LogP contribution in [0.15, 0.2) is 5.11 Å². The number of hydrogen-bond acceptors (Lipinski definition) is 6. The Bertz CT molecular complexity index is 244. The van der Waals surface area contributed by atoms with Crippen LogP contribution in [0.25, 0.3) is 10.4 Å². The van der Waals surface area contributed by atoms with Gasteiger partial charge in [-0.15, -0.1) is 0 Å². The summed E-state index contributed by atoms with van der Waals surface area (Å²) in [5, 5.41) is 39.8. The monoisotopic (exact) mass is 205 g/mol. The van der Waals surface area contributed by atoms with Gasteiger partial charge in [-0.3, -0.25) is 0 Å². The molecule has 0 saturated carbocycles. The predicted molar refractivity (Wildman–Crippen MR) is 42.9 cm³/mol. The predicted octanol–water partition coefficient (Wildman–Crippen LogP) is -1.90. The van der Waals surface area contributed by atoms with Gasteiger partial charge < -0.3 is 25.2 Å². The van der Waals surface area contributed by atoms with Gasteiger partial charge in [0.1, 0.15) is 18.3 Å². The number of azide groups is 1. The lowest BCUT2D eigenvalue weighted by Crippen LogP contribution is -2.58. The first kappa shape index (κ1) is 11.2. The summed E-state index contributed by atoms with van der Waals surface area (Å²) in [7, 11) is 0. The van der Waals surface area contributed by atoms with Crippen molar-refractivity contribution in [3.8, 4) is 0 Å². The van der Waals surface area contributed by atoms with Crippen LogP contribution in [0, 0.1) is 0 Å². The average Bonchev–Trinajstić information content (AvgIpc) is 2.18. The van der Waals surface area contributed by atoms with Crippen LogP contribution in [-0.2, 0) is 4.74 Å². The Morgan fingerprint density at radius 3 is 2.36 bits per heavy atom. The molecule has 1 heterocycles. The van der Waals surface area contributed by atoms with E-state index in [2.05, 4.69) is 10.0 Å². The van der Waals surface area contributed by atoms with E-state index in [9.17, 15) is 10.2 Å². The van der Waals surface area contributed by atoms with Crippen molar-refractivity contribution >= 4 is 0 Å². The third kappa shape index (κ3) is 2.13. The van der Waals surface area contributed by atoms with Crippen LogP contribution >= 0.6 is 0 Å². The molecule has 0 aromatic carbocycles. The summed E-state index contributed by atoms with van der Waals surface area (Å²) in [5.41, 5.74) is 8.01. The topological polar surface area (TPSA) is 139 Å². The highest BCUT2D eigenvalue weighted by molar-refractivity contribution is 4.89. The second kappa shape index (κ2) is 4.56. The highest BCUT2D eigenvalue weighted by Gasteiger charge is 2.42. The first-order chi connectivity index (χ1) is 6.57. The van der Waals surface area contributed by atoms with Gasteiger partial charge in [-0.25, -0.2) is 0 Å². The van der Waals surface area contributed by atoms with Crippen molar-refractivity contribution in [3.63, 3.8) is 0 Å². The van der Waals surface area contributed by atoms with E-state index in [-0.39, 0.29) is 6.54 Å². The molecule has 0 radical (unpaired) electrons. The molecule has 4 N–H and O–H groups in total. The Morgan fingerprint density at radius 2 is 1.79 bits per heavy atom. The number of aliphatic hydroxyl groups is 4. The van der Waals surface area contributed by atoms with Crippen molar-refractivity contribution < 1.29 is 25.2 Å². The van der Waals surface area contributed by atoms with Crippen molar-refractivity contribution in [2.24, 2.45) is 5.11 Å². The van der Waals surface area contributed by atoms with Crippen LogP contribution in [0.4, 0.5) is 0 Å². The second-order valence-electron chi connectivity index (χ2n) is 2.95. The highest BCUT2D eigenvalue weighted by atomic mass is 16.6. The third-order valence-corrected chi connectivity index (χ3v) is 2.01. The third-order valence-electron chi connectivity index (χ3n) is 2.01. The summed E-state index contributed by atoms with van der Waals surface area (Å²) < 4.78 is 4.71. The number of ether oxygens (including phenoxy) is 1. The minimum Gasteiger partial charge on any atom is -0.388 e. The number of nitrogens with zero attached hydrogens (tertiary/aromatic N) is 3. The Balaban J connectivity index is 2.64. The summed E-state index contributed by atoms with van der Waals surface area (Å²) in [5.74, 6) is 0. The molecule has 1 aliphatic heterocycles. The number of rotatable bonds is 2. The smallest absolute Gasteiger partial charge is 0.183 e. The Morgan fingerprint density at radius 1 is 1.14 bits per heavy atom. The largest absolute Gasteiger partial charge is 0.388 e. The molecule has 1 saturated heterocycles. The van der Waals surface area contributed by atoms with Crippen LogP contribution in [-0.4, -0.2) is 57.7 Å². The fourth-order valence-corrected chi connectivity index (χ4v) is 1.20. The van der Waals surface area contributed by atoms with Gasteiger partial charge in [-0.2, -0.15) is 0 Å². The van der Waals surface area contributed by atoms with Gasteiger partial charge in [0.2, 0.25) is 0 Å². The van der Waals surface area contributed by atoms with Gasteiger partial charge in [-0.05, 0) is 5.53 Å². The summed E-state index contributed by atoms with van der Waals surface area (Å²) in [6.45, 7) is -0.224. The van der Waals surface area contributed by atoms with Gasteiger partial charge in [0.15, 0.2) is 6.29 Å². The highest BCUT2D eigenvalue weighted by Crippen LogP contribution is 2.19. The van der Waals surface area contributed by atoms with Crippen molar-refractivity contribution in [1.82, 2.24) is 0 Å². The molecule has 8 heteroatoms. The molecule has 0 aromatic rings. The van der Waals surface area contributed by atoms with Crippen molar-refractivity contribution in [2.75, 3.05) is 6.54 Å². The molecule has 1 fully saturated rings. The molecule has 14 heavy (non-hydrogen) atoms. The summed E-state index contributed by atoms with van der Waals surface area (Å²) in [6.07, 6.45) is -7.07. The Hall–Kier alpha value is -0.890. The zero-order valence-corrected chi connectivity index (χ0v) is 7.13. The van der Waals surface area contributed by atoms with Crippen LogP contribution in [0.5, 0.6) is 0 Å².